The standard InChI is InChI=1S/C13H9BrFNO2/c14-9-3-1-2-4-11(9)18-12-6-5-8(13(16)17)7-10(12)15/h1-7H,(H2,16,17). The molecule has 0 bridgehead atoms. The summed E-state index contributed by atoms with van der Waals surface area (Å²) in [6.07, 6.45) is 0. The lowest BCUT2D eigenvalue weighted by Gasteiger charge is -2.08. The van der Waals surface area contributed by atoms with E-state index in [0.29, 0.717) is 10.2 Å². The van der Waals surface area contributed by atoms with Gasteiger partial charge in [-0.3, -0.25) is 4.79 Å². The van der Waals surface area contributed by atoms with E-state index >= 15 is 0 Å². The quantitative estimate of drug-likeness (QED) is 0.943. The van der Waals surface area contributed by atoms with Crippen LogP contribution in [0.2, 0.25) is 0 Å². The molecule has 0 spiro atoms. The molecule has 0 heterocycles. The van der Waals surface area contributed by atoms with Gasteiger partial charge in [-0.25, -0.2) is 4.39 Å². The van der Waals surface area contributed by atoms with E-state index in [-0.39, 0.29) is 11.3 Å². The molecule has 0 aliphatic heterocycles. The molecule has 0 atom stereocenters. The van der Waals surface area contributed by atoms with Crippen molar-refractivity contribution in [2.45, 2.75) is 0 Å². The van der Waals surface area contributed by atoms with Gasteiger partial charge in [-0.2, -0.15) is 0 Å². The second-order valence-electron chi connectivity index (χ2n) is 3.54. The second kappa shape index (κ2) is 5.18. The van der Waals surface area contributed by atoms with Crippen LogP contribution in [-0.4, -0.2) is 5.91 Å². The maximum Gasteiger partial charge on any atom is 0.248 e. The molecule has 5 heteroatoms. The maximum absolute atomic E-state index is 13.7. The Morgan fingerprint density at radius 2 is 1.89 bits per heavy atom. The van der Waals surface area contributed by atoms with Crippen LogP contribution in [-0.2, 0) is 0 Å². The molecule has 0 unspecified atom stereocenters. The van der Waals surface area contributed by atoms with Crippen molar-refractivity contribution >= 4 is 21.8 Å². The Balaban J connectivity index is 2.30. The van der Waals surface area contributed by atoms with Gasteiger partial charge in [0.1, 0.15) is 5.75 Å². The van der Waals surface area contributed by atoms with E-state index in [1.807, 2.05) is 6.07 Å². The second-order valence-corrected chi connectivity index (χ2v) is 4.40. The van der Waals surface area contributed by atoms with E-state index < -0.39 is 11.7 Å². The Hall–Kier alpha value is -1.88. The van der Waals surface area contributed by atoms with Gasteiger partial charge in [-0.05, 0) is 46.3 Å². The Kier molecular flexibility index (Phi) is 3.62. The number of primary amides is 1. The van der Waals surface area contributed by atoms with Gasteiger partial charge in [-0.1, -0.05) is 12.1 Å². The molecule has 0 saturated carbocycles. The van der Waals surface area contributed by atoms with Crippen molar-refractivity contribution in [3.63, 3.8) is 0 Å². The van der Waals surface area contributed by atoms with Crippen molar-refractivity contribution < 1.29 is 13.9 Å². The summed E-state index contributed by atoms with van der Waals surface area (Å²) in [5.74, 6) is -0.793. The van der Waals surface area contributed by atoms with Crippen LogP contribution in [0.25, 0.3) is 0 Å². The molecule has 0 aromatic heterocycles. The molecule has 0 fully saturated rings. The number of carbonyl (C=O) groups is 1. The summed E-state index contributed by atoms with van der Waals surface area (Å²) >= 11 is 3.29. The third-order valence-electron chi connectivity index (χ3n) is 2.27. The fourth-order valence-corrected chi connectivity index (χ4v) is 1.75. The first-order valence-electron chi connectivity index (χ1n) is 5.09. The van der Waals surface area contributed by atoms with E-state index in [1.165, 1.54) is 12.1 Å². The highest BCUT2D eigenvalue weighted by Crippen LogP contribution is 2.30. The number of para-hydroxylation sites is 1. The largest absolute Gasteiger partial charge is 0.453 e. The van der Waals surface area contributed by atoms with Crippen LogP contribution >= 0.6 is 15.9 Å². The molecule has 0 aliphatic carbocycles. The molecule has 0 radical (unpaired) electrons. The number of ether oxygens (including phenoxy) is 1. The van der Waals surface area contributed by atoms with Gasteiger partial charge in [-0.15, -0.1) is 0 Å². The highest BCUT2D eigenvalue weighted by molar-refractivity contribution is 9.10. The fraction of sp³-hybridized carbons (Fsp3) is 0. The molecule has 3 nitrogen and oxygen atoms in total. The normalized spacial score (nSPS) is 10.1. The molecule has 0 aliphatic rings. The van der Waals surface area contributed by atoms with Gasteiger partial charge >= 0.3 is 0 Å². The average Bonchev–Trinajstić information content (AvgIpc) is 2.34. The Morgan fingerprint density at radius 1 is 1.17 bits per heavy atom. The first kappa shape index (κ1) is 12.6. The van der Waals surface area contributed by atoms with E-state index in [0.717, 1.165) is 6.07 Å². The number of rotatable bonds is 3. The van der Waals surface area contributed by atoms with Gasteiger partial charge in [0.15, 0.2) is 11.6 Å². The van der Waals surface area contributed by atoms with Crippen molar-refractivity contribution in [2.24, 2.45) is 5.73 Å². The van der Waals surface area contributed by atoms with Crippen LogP contribution in [0.15, 0.2) is 46.9 Å². The van der Waals surface area contributed by atoms with Crippen molar-refractivity contribution in [1.29, 1.82) is 0 Å². The van der Waals surface area contributed by atoms with Crippen molar-refractivity contribution in [2.75, 3.05) is 0 Å². The zero-order chi connectivity index (χ0) is 13.1. The van der Waals surface area contributed by atoms with Crippen molar-refractivity contribution in [3.05, 3.63) is 58.3 Å². The van der Waals surface area contributed by atoms with Crippen molar-refractivity contribution in [1.82, 2.24) is 0 Å². The molecule has 2 aromatic rings. The van der Waals surface area contributed by atoms with Crippen LogP contribution in [0, 0.1) is 5.82 Å². The van der Waals surface area contributed by atoms with Gasteiger partial charge in [0.05, 0.1) is 4.47 Å². The molecular formula is C13H9BrFNO2. The van der Waals surface area contributed by atoms with Gasteiger partial charge < -0.3 is 10.5 Å². The first-order valence-corrected chi connectivity index (χ1v) is 5.89. The summed E-state index contributed by atoms with van der Waals surface area (Å²) in [5.41, 5.74) is 5.16. The summed E-state index contributed by atoms with van der Waals surface area (Å²) in [4.78, 5) is 10.9. The Bertz CT molecular complexity index is 601. The van der Waals surface area contributed by atoms with Crippen LogP contribution in [0.3, 0.4) is 0 Å². The molecular weight excluding hydrogens is 301 g/mol. The highest BCUT2D eigenvalue weighted by Gasteiger charge is 2.10. The predicted octanol–water partition coefficient (Wildman–Crippen LogP) is 3.48. The number of hydrogen-bond donors (Lipinski definition) is 1. The summed E-state index contributed by atoms with van der Waals surface area (Å²) in [5, 5.41) is 0. The molecule has 2 aromatic carbocycles. The summed E-state index contributed by atoms with van der Waals surface area (Å²) < 4.78 is 19.8. The lowest BCUT2D eigenvalue weighted by Crippen LogP contribution is -2.11. The number of halogens is 2. The zero-order valence-electron chi connectivity index (χ0n) is 9.19. The van der Waals surface area contributed by atoms with Gasteiger partial charge in [0.25, 0.3) is 0 Å². The van der Waals surface area contributed by atoms with E-state index in [9.17, 15) is 9.18 Å². The third-order valence-corrected chi connectivity index (χ3v) is 2.93. The van der Waals surface area contributed by atoms with Crippen LogP contribution < -0.4 is 10.5 Å². The molecule has 18 heavy (non-hydrogen) atoms. The molecule has 92 valence electrons. The zero-order valence-corrected chi connectivity index (χ0v) is 10.8. The van der Waals surface area contributed by atoms with E-state index in [2.05, 4.69) is 15.9 Å². The number of benzene rings is 2. The monoisotopic (exact) mass is 309 g/mol. The third kappa shape index (κ3) is 2.68. The Labute approximate surface area is 112 Å². The smallest absolute Gasteiger partial charge is 0.248 e. The SMILES string of the molecule is NC(=O)c1ccc(Oc2ccccc2Br)c(F)c1. The lowest BCUT2D eigenvalue weighted by atomic mass is 10.2. The van der Waals surface area contributed by atoms with Crippen molar-refractivity contribution in [3.8, 4) is 11.5 Å². The number of amides is 1. The van der Waals surface area contributed by atoms with Crippen LogP contribution in [0.4, 0.5) is 4.39 Å². The topological polar surface area (TPSA) is 52.3 Å². The molecule has 2 N–H and O–H groups in total. The number of nitrogens with two attached hydrogens (primary N) is 1. The van der Waals surface area contributed by atoms with Gasteiger partial charge in [0, 0.05) is 5.56 Å². The predicted molar refractivity (Wildman–Crippen MR) is 69.1 cm³/mol. The van der Waals surface area contributed by atoms with E-state index in [1.54, 1.807) is 18.2 Å². The average molecular weight is 310 g/mol. The number of carbonyl (C=O) groups excluding carboxylic acids is 1. The van der Waals surface area contributed by atoms with Crippen LogP contribution in [0.5, 0.6) is 11.5 Å². The minimum atomic E-state index is -0.679. The van der Waals surface area contributed by atoms with Crippen LogP contribution in [0.1, 0.15) is 10.4 Å². The molecule has 2 rings (SSSR count). The minimum absolute atomic E-state index is 0.0342. The first-order chi connectivity index (χ1) is 8.58. The van der Waals surface area contributed by atoms with Gasteiger partial charge in [0.2, 0.25) is 5.91 Å². The fourth-order valence-electron chi connectivity index (χ4n) is 1.38. The summed E-state index contributed by atoms with van der Waals surface area (Å²) in [7, 11) is 0. The molecule has 0 saturated heterocycles. The minimum Gasteiger partial charge on any atom is -0.453 e. The highest BCUT2D eigenvalue weighted by atomic mass is 79.9. The maximum atomic E-state index is 13.7. The number of hydrogen-bond acceptors (Lipinski definition) is 2. The van der Waals surface area contributed by atoms with E-state index in [4.69, 9.17) is 10.5 Å². The summed E-state index contributed by atoms with van der Waals surface area (Å²) in [6.45, 7) is 0. The lowest BCUT2D eigenvalue weighted by molar-refractivity contribution is 0.1000. The summed E-state index contributed by atoms with van der Waals surface area (Å²) in [6, 6.07) is 10.9. The Morgan fingerprint density at radius 3 is 2.50 bits per heavy atom. The molecule has 1 amide bonds.